The van der Waals surface area contributed by atoms with Gasteiger partial charge in [0.05, 0.1) is 31.8 Å². The minimum Gasteiger partial charge on any atom is -0.497 e. The number of nitrogens with zero attached hydrogens (tertiary/aromatic N) is 1. The van der Waals surface area contributed by atoms with Gasteiger partial charge in [-0.25, -0.2) is 0 Å². The molecule has 0 unspecified atom stereocenters. The summed E-state index contributed by atoms with van der Waals surface area (Å²) in [4.78, 5) is 14.2. The number of hydrogen-bond acceptors (Lipinski definition) is 5. The zero-order valence-corrected chi connectivity index (χ0v) is 13.9. The lowest BCUT2D eigenvalue weighted by molar-refractivity contribution is -0.156. The molecular weight excluding hydrogens is 298 g/mol. The van der Waals surface area contributed by atoms with E-state index in [9.17, 15) is 9.90 Å². The zero-order chi connectivity index (χ0) is 16.8. The summed E-state index contributed by atoms with van der Waals surface area (Å²) in [5, 5.41) is 9.99. The Hall–Kier alpha value is -1.63. The maximum atomic E-state index is 12.5. The fourth-order valence-corrected chi connectivity index (χ4v) is 3.35. The Labute approximate surface area is 135 Å². The summed E-state index contributed by atoms with van der Waals surface area (Å²) >= 11 is 0. The van der Waals surface area contributed by atoms with Crippen molar-refractivity contribution in [2.75, 3.05) is 18.6 Å². The van der Waals surface area contributed by atoms with Crippen LogP contribution in [0.4, 0.5) is 5.69 Å². The van der Waals surface area contributed by atoms with Crippen molar-refractivity contribution < 1.29 is 24.1 Å². The number of β-lactam (4-membered cyclic amide) rings is 1. The Bertz CT molecular complexity index is 583. The van der Waals surface area contributed by atoms with Crippen LogP contribution in [0, 0.1) is 5.92 Å². The smallest absolute Gasteiger partial charge is 0.235 e. The highest BCUT2D eigenvalue weighted by Crippen LogP contribution is 2.41. The van der Waals surface area contributed by atoms with Gasteiger partial charge < -0.3 is 24.2 Å². The summed E-state index contributed by atoms with van der Waals surface area (Å²) < 4.78 is 16.7. The number of amides is 1. The Balaban J connectivity index is 1.86. The van der Waals surface area contributed by atoms with E-state index in [2.05, 4.69) is 0 Å². The zero-order valence-electron chi connectivity index (χ0n) is 13.9. The number of aliphatic hydroxyl groups excluding tert-OH is 1. The number of carbonyl (C=O) groups excluding carboxylic acids is 1. The van der Waals surface area contributed by atoms with Gasteiger partial charge in [0.15, 0.2) is 5.79 Å². The molecule has 126 valence electrons. The molecule has 2 aliphatic heterocycles. The fraction of sp³-hybridized carbons (Fsp3) is 0.588. The molecule has 0 saturated carbocycles. The molecule has 1 amide bonds. The van der Waals surface area contributed by atoms with Crippen LogP contribution in [0.2, 0.25) is 0 Å². The quantitative estimate of drug-likeness (QED) is 0.853. The molecule has 6 heteroatoms. The molecule has 1 N–H and O–H groups in total. The van der Waals surface area contributed by atoms with Crippen LogP contribution < -0.4 is 9.64 Å². The van der Waals surface area contributed by atoms with Gasteiger partial charge in [-0.2, -0.15) is 0 Å². The average Bonchev–Trinajstić information content (AvgIpc) is 2.84. The molecule has 0 aliphatic carbocycles. The minimum atomic E-state index is -0.727. The van der Waals surface area contributed by atoms with E-state index in [-0.39, 0.29) is 18.1 Å². The highest BCUT2D eigenvalue weighted by molar-refractivity contribution is 6.03. The van der Waals surface area contributed by atoms with E-state index in [1.54, 1.807) is 18.9 Å². The van der Waals surface area contributed by atoms with E-state index in [0.717, 1.165) is 11.4 Å². The number of carbonyl (C=O) groups is 1. The summed E-state index contributed by atoms with van der Waals surface area (Å²) in [7, 11) is 1.60. The molecule has 6 nitrogen and oxygen atoms in total. The van der Waals surface area contributed by atoms with E-state index < -0.39 is 17.8 Å². The highest BCUT2D eigenvalue weighted by atomic mass is 16.7. The number of rotatable bonds is 4. The van der Waals surface area contributed by atoms with Crippen LogP contribution in [-0.2, 0) is 14.3 Å². The van der Waals surface area contributed by atoms with Crippen molar-refractivity contribution in [3.8, 4) is 5.75 Å². The van der Waals surface area contributed by atoms with Crippen molar-refractivity contribution in [1.29, 1.82) is 0 Å². The maximum absolute atomic E-state index is 12.5. The van der Waals surface area contributed by atoms with Crippen LogP contribution in [-0.4, -0.2) is 48.8 Å². The van der Waals surface area contributed by atoms with Crippen molar-refractivity contribution in [2.24, 2.45) is 5.92 Å². The first-order chi connectivity index (χ1) is 10.8. The number of ether oxygens (including phenoxy) is 3. The molecule has 1 aromatic carbocycles. The number of methoxy groups -OCH3 is 1. The lowest BCUT2D eigenvalue weighted by atomic mass is 9.79. The molecule has 2 saturated heterocycles. The molecular formula is C17H23NO5. The second kappa shape index (κ2) is 5.78. The molecule has 0 radical (unpaired) electrons. The Morgan fingerprint density at radius 3 is 2.48 bits per heavy atom. The molecule has 0 bridgehead atoms. The van der Waals surface area contributed by atoms with Gasteiger partial charge in [-0.15, -0.1) is 0 Å². The van der Waals surface area contributed by atoms with Crippen molar-refractivity contribution in [3.05, 3.63) is 24.3 Å². The van der Waals surface area contributed by atoms with Crippen molar-refractivity contribution >= 4 is 11.6 Å². The lowest BCUT2D eigenvalue weighted by Crippen LogP contribution is -2.69. The third kappa shape index (κ3) is 2.82. The molecule has 0 spiro atoms. The van der Waals surface area contributed by atoms with Crippen LogP contribution in [0.3, 0.4) is 0 Å². The molecule has 4 atom stereocenters. The third-order valence-electron chi connectivity index (χ3n) is 4.47. The lowest BCUT2D eigenvalue weighted by Gasteiger charge is -2.50. The third-order valence-corrected chi connectivity index (χ3v) is 4.47. The summed E-state index contributed by atoms with van der Waals surface area (Å²) in [5.74, 6) is -0.506. The predicted octanol–water partition coefficient (Wildman–Crippen LogP) is 1.56. The second-order valence-corrected chi connectivity index (χ2v) is 6.53. The van der Waals surface area contributed by atoms with Gasteiger partial charge in [0.25, 0.3) is 0 Å². The first-order valence-electron chi connectivity index (χ1n) is 7.81. The predicted molar refractivity (Wildman–Crippen MR) is 84.3 cm³/mol. The summed E-state index contributed by atoms with van der Waals surface area (Å²) in [6.45, 7) is 5.74. The van der Waals surface area contributed by atoms with Crippen molar-refractivity contribution in [1.82, 2.24) is 0 Å². The van der Waals surface area contributed by atoms with Crippen LogP contribution >= 0.6 is 0 Å². The molecule has 0 aromatic heterocycles. The van der Waals surface area contributed by atoms with E-state index in [0.29, 0.717) is 6.61 Å². The average molecular weight is 321 g/mol. The number of benzene rings is 1. The van der Waals surface area contributed by atoms with E-state index >= 15 is 0 Å². The summed E-state index contributed by atoms with van der Waals surface area (Å²) in [6.07, 6.45) is -0.987. The Morgan fingerprint density at radius 1 is 1.35 bits per heavy atom. The fourth-order valence-electron chi connectivity index (χ4n) is 3.35. The minimum absolute atomic E-state index is 0.0940. The van der Waals surface area contributed by atoms with Crippen molar-refractivity contribution in [3.63, 3.8) is 0 Å². The highest BCUT2D eigenvalue weighted by Gasteiger charge is 2.56. The molecule has 2 fully saturated rings. The Kier molecular flexibility index (Phi) is 4.08. The molecule has 1 aromatic rings. The largest absolute Gasteiger partial charge is 0.497 e. The van der Waals surface area contributed by atoms with Gasteiger partial charge in [0.2, 0.25) is 5.91 Å². The molecule has 2 aliphatic rings. The SMILES string of the molecule is COc1ccc(N2C(=O)[C@H]([C@H](C)O)[C@H]2[C@H]2COC(C)(C)O2)cc1. The van der Waals surface area contributed by atoms with Crippen LogP contribution in [0.1, 0.15) is 20.8 Å². The van der Waals surface area contributed by atoms with Crippen LogP contribution in [0.25, 0.3) is 0 Å². The van der Waals surface area contributed by atoms with Gasteiger partial charge in [-0.1, -0.05) is 0 Å². The van der Waals surface area contributed by atoms with Gasteiger partial charge in [-0.3, -0.25) is 4.79 Å². The number of anilines is 1. The first-order valence-corrected chi connectivity index (χ1v) is 7.81. The van der Waals surface area contributed by atoms with Crippen LogP contribution in [0.15, 0.2) is 24.3 Å². The summed E-state index contributed by atoms with van der Waals surface area (Å²) in [5.41, 5.74) is 0.769. The van der Waals surface area contributed by atoms with E-state index in [1.165, 1.54) is 0 Å². The first kappa shape index (κ1) is 16.2. The Morgan fingerprint density at radius 2 is 2.00 bits per heavy atom. The van der Waals surface area contributed by atoms with Gasteiger partial charge in [0, 0.05) is 5.69 Å². The molecule has 2 heterocycles. The van der Waals surface area contributed by atoms with Gasteiger partial charge in [-0.05, 0) is 45.0 Å². The van der Waals surface area contributed by atoms with Gasteiger partial charge >= 0.3 is 0 Å². The maximum Gasteiger partial charge on any atom is 0.235 e. The topological polar surface area (TPSA) is 68.2 Å². The van der Waals surface area contributed by atoms with Crippen LogP contribution in [0.5, 0.6) is 5.75 Å². The number of aliphatic hydroxyl groups is 1. The molecule has 23 heavy (non-hydrogen) atoms. The normalized spacial score (nSPS) is 30.9. The van der Waals surface area contributed by atoms with E-state index in [4.69, 9.17) is 14.2 Å². The standard InChI is InChI=1S/C17H23NO5/c1-10(19)14-15(13-9-22-17(2,3)23-13)18(16(14)20)11-5-7-12(21-4)8-6-11/h5-8,10,13-15,19H,9H2,1-4H3/t10-,13+,14+,15+/m0/s1. The second-order valence-electron chi connectivity index (χ2n) is 6.53. The van der Waals surface area contributed by atoms with Crippen molar-refractivity contribution in [2.45, 2.75) is 44.8 Å². The van der Waals surface area contributed by atoms with Gasteiger partial charge in [0.1, 0.15) is 11.9 Å². The summed E-state index contributed by atoms with van der Waals surface area (Å²) in [6, 6.07) is 7.06. The number of hydrogen-bond donors (Lipinski definition) is 1. The molecule has 3 rings (SSSR count). The van der Waals surface area contributed by atoms with E-state index in [1.807, 2.05) is 38.1 Å². The monoisotopic (exact) mass is 321 g/mol.